The molecule has 176 valence electrons. The third-order valence-corrected chi connectivity index (χ3v) is 5.65. The van der Waals surface area contributed by atoms with Crippen LogP contribution in [-0.2, 0) is 14.3 Å². The van der Waals surface area contributed by atoms with Crippen LogP contribution < -0.4 is 20.7 Å². The molecule has 0 spiro atoms. The largest absolute Gasteiger partial charge is 0.490 e. The minimum absolute atomic E-state index is 0.0841. The van der Waals surface area contributed by atoms with Crippen LogP contribution in [0, 0.1) is 0 Å². The second kappa shape index (κ2) is 11.1. The Labute approximate surface area is 187 Å². The zero-order valence-corrected chi connectivity index (χ0v) is 18.8. The first-order valence-electron chi connectivity index (χ1n) is 10.9. The van der Waals surface area contributed by atoms with Crippen molar-refractivity contribution in [3.63, 3.8) is 0 Å². The molecule has 1 aromatic rings. The molecular formula is C22H32N4O6. The number of carbonyl (C=O) groups excluding carboxylic acids is 3. The van der Waals surface area contributed by atoms with Crippen molar-refractivity contribution in [1.29, 1.82) is 0 Å². The fraction of sp³-hybridized carbons (Fsp3) is 0.591. The van der Waals surface area contributed by atoms with Crippen LogP contribution in [0.4, 0.5) is 10.5 Å². The number of benzene rings is 1. The van der Waals surface area contributed by atoms with E-state index in [1.165, 1.54) is 0 Å². The van der Waals surface area contributed by atoms with Crippen LogP contribution in [0.25, 0.3) is 0 Å². The molecule has 3 atom stereocenters. The standard InChI is InChI=1S/C22H32N4O6/c1-4-23-22(29)25-14-5-8-18-16(11-14)21(28)26(2)17-7-6-15(32-19(17)13-31-18)12-20(27)24-9-10-30-3/h5,8,11,15,17,19H,4,6-7,9-10,12-13H2,1-3H3,(H,24,27)(H2,23,25,29)/t15-,17+,19+/m0/s1. The van der Waals surface area contributed by atoms with Gasteiger partial charge in [0, 0.05) is 32.9 Å². The highest BCUT2D eigenvalue weighted by atomic mass is 16.5. The van der Waals surface area contributed by atoms with Gasteiger partial charge in [-0.1, -0.05) is 0 Å². The van der Waals surface area contributed by atoms with Crippen molar-refractivity contribution in [3.8, 4) is 5.75 Å². The first-order valence-corrected chi connectivity index (χ1v) is 10.9. The number of ether oxygens (including phenoxy) is 3. The molecule has 2 aliphatic rings. The SMILES string of the molecule is CCNC(=O)Nc1ccc2c(c1)C(=O)N(C)[C@@H]1CC[C@@H](CC(=O)NCCOC)O[C@@H]1CO2. The Bertz CT molecular complexity index is 833. The Balaban J connectivity index is 1.67. The normalized spacial score (nSPS) is 22.5. The number of nitrogens with zero attached hydrogens (tertiary/aromatic N) is 1. The maximum absolute atomic E-state index is 13.2. The molecule has 0 saturated carbocycles. The van der Waals surface area contributed by atoms with E-state index in [1.54, 1.807) is 37.3 Å². The topological polar surface area (TPSA) is 118 Å². The van der Waals surface area contributed by atoms with Gasteiger partial charge < -0.3 is 35.1 Å². The molecule has 2 aliphatic heterocycles. The second-order valence-corrected chi connectivity index (χ2v) is 7.91. The lowest BCUT2D eigenvalue weighted by Crippen LogP contribution is -2.54. The molecule has 0 aromatic heterocycles. The number of fused-ring (bicyclic) bond motifs is 2. The van der Waals surface area contributed by atoms with Gasteiger partial charge in [-0.05, 0) is 38.0 Å². The summed E-state index contributed by atoms with van der Waals surface area (Å²) in [5, 5.41) is 8.18. The van der Waals surface area contributed by atoms with Crippen LogP contribution in [0.3, 0.4) is 0 Å². The van der Waals surface area contributed by atoms with Crippen LogP contribution in [0.5, 0.6) is 5.75 Å². The minimum atomic E-state index is -0.337. The monoisotopic (exact) mass is 448 g/mol. The molecule has 0 bridgehead atoms. The summed E-state index contributed by atoms with van der Waals surface area (Å²) in [5.74, 6) is 0.151. The zero-order valence-electron chi connectivity index (χ0n) is 18.8. The summed E-state index contributed by atoms with van der Waals surface area (Å²) in [4.78, 5) is 38.8. The van der Waals surface area contributed by atoms with Gasteiger partial charge in [0.1, 0.15) is 18.5 Å². The van der Waals surface area contributed by atoms with E-state index in [0.29, 0.717) is 49.5 Å². The minimum Gasteiger partial charge on any atom is -0.490 e. The third-order valence-electron chi connectivity index (χ3n) is 5.65. The van der Waals surface area contributed by atoms with E-state index in [-0.39, 0.29) is 49.1 Å². The predicted octanol–water partition coefficient (Wildman–Crippen LogP) is 1.36. The quantitative estimate of drug-likeness (QED) is 0.542. The lowest BCUT2D eigenvalue weighted by molar-refractivity contribution is -0.134. The number of hydrogen-bond donors (Lipinski definition) is 3. The molecule has 1 fully saturated rings. The number of carbonyl (C=O) groups is 3. The van der Waals surface area contributed by atoms with Gasteiger partial charge in [0.25, 0.3) is 5.91 Å². The first kappa shape index (κ1) is 23.8. The second-order valence-electron chi connectivity index (χ2n) is 7.91. The van der Waals surface area contributed by atoms with Gasteiger partial charge in [-0.2, -0.15) is 0 Å². The van der Waals surface area contributed by atoms with Crippen LogP contribution in [0.2, 0.25) is 0 Å². The molecule has 1 saturated heterocycles. The smallest absolute Gasteiger partial charge is 0.319 e. The van der Waals surface area contributed by atoms with Crippen molar-refractivity contribution in [3.05, 3.63) is 23.8 Å². The molecule has 10 heteroatoms. The molecule has 2 heterocycles. The number of likely N-dealkylation sites (N-methyl/N-ethyl adjacent to an activating group) is 1. The van der Waals surface area contributed by atoms with Gasteiger partial charge in [0.2, 0.25) is 5.91 Å². The lowest BCUT2D eigenvalue weighted by Gasteiger charge is -2.42. The Morgan fingerprint density at radius 1 is 1.25 bits per heavy atom. The maximum Gasteiger partial charge on any atom is 0.319 e. The average molecular weight is 449 g/mol. The van der Waals surface area contributed by atoms with Crippen molar-refractivity contribution < 1.29 is 28.6 Å². The van der Waals surface area contributed by atoms with E-state index in [0.717, 1.165) is 0 Å². The fourth-order valence-electron chi connectivity index (χ4n) is 4.01. The molecule has 10 nitrogen and oxygen atoms in total. The third kappa shape index (κ3) is 5.89. The van der Waals surface area contributed by atoms with Crippen molar-refractivity contribution in [2.24, 2.45) is 0 Å². The summed E-state index contributed by atoms with van der Waals surface area (Å²) >= 11 is 0. The molecule has 0 radical (unpaired) electrons. The number of nitrogens with one attached hydrogen (secondary N) is 3. The molecule has 32 heavy (non-hydrogen) atoms. The molecule has 0 unspecified atom stereocenters. The number of amides is 4. The fourth-order valence-corrected chi connectivity index (χ4v) is 4.01. The average Bonchev–Trinajstić information content (AvgIpc) is 2.77. The highest BCUT2D eigenvalue weighted by molar-refractivity contribution is 5.99. The van der Waals surface area contributed by atoms with E-state index in [2.05, 4.69) is 16.0 Å². The highest BCUT2D eigenvalue weighted by Crippen LogP contribution is 2.32. The van der Waals surface area contributed by atoms with Gasteiger partial charge in [-0.15, -0.1) is 0 Å². The van der Waals surface area contributed by atoms with Crippen molar-refractivity contribution in [2.45, 2.75) is 44.4 Å². The number of hydrogen-bond acceptors (Lipinski definition) is 6. The number of methoxy groups -OCH3 is 1. The van der Waals surface area contributed by atoms with Gasteiger partial charge in [-0.25, -0.2) is 4.79 Å². The predicted molar refractivity (Wildman–Crippen MR) is 118 cm³/mol. The summed E-state index contributed by atoms with van der Waals surface area (Å²) in [6.45, 7) is 3.51. The van der Waals surface area contributed by atoms with Crippen LogP contribution in [-0.4, -0.2) is 81.5 Å². The van der Waals surface area contributed by atoms with Gasteiger partial charge in [0.05, 0.1) is 30.7 Å². The summed E-state index contributed by atoms with van der Waals surface area (Å²) in [7, 11) is 3.34. The van der Waals surface area contributed by atoms with E-state index in [1.807, 2.05) is 6.92 Å². The molecule has 1 aromatic carbocycles. The van der Waals surface area contributed by atoms with Crippen molar-refractivity contribution in [2.75, 3.05) is 45.8 Å². The number of anilines is 1. The Morgan fingerprint density at radius 3 is 2.81 bits per heavy atom. The van der Waals surface area contributed by atoms with Gasteiger partial charge >= 0.3 is 6.03 Å². The maximum atomic E-state index is 13.2. The van der Waals surface area contributed by atoms with Crippen LogP contribution >= 0.6 is 0 Å². The lowest BCUT2D eigenvalue weighted by atomic mass is 9.94. The summed E-state index contributed by atoms with van der Waals surface area (Å²) in [6, 6.07) is 4.49. The molecular weight excluding hydrogens is 416 g/mol. The highest BCUT2D eigenvalue weighted by Gasteiger charge is 2.39. The Hall–Kier alpha value is -2.85. The summed E-state index contributed by atoms with van der Waals surface area (Å²) in [6.07, 6.45) is 1.07. The Kier molecular flexibility index (Phi) is 8.29. The number of urea groups is 1. The Morgan fingerprint density at radius 2 is 2.06 bits per heavy atom. The molecule has 4 amide bonds. The summed E-state index contributed by atoms with van der Waals surface area (Å²) in [5.41, 5.74) is 0.900. The molecule has 3 rings (SSSR count). The zero-order chi connectivity index (χ0) is 23.1. The van der Waals surface area contributed by atoms with Crippen molar-refractivity contribution >= 4 is 23.5 Å². The van der Waals surface area contributed by atoms with E-state index < -0.39 is 0 Å². The van der Waals surface area contributed by atoms with E-state index in [4.69, 9.17) is 14.2 Å². The van der Waals surface area contributed by atoms with Crippen LogP contribution in [0.15, 0.2) is 18.2 Å². The summed E-state index contributed by atoms with van der Waals surface area (Å²) < 4.78 is 17.0. The van der Waals surface area contributed by atoms with Gasteiger partial charge in [-0.3, -0.25) is 9.59 Å². The molecule has 3 N–H and O–H groups in total. The molecule has 0 aliphatic carbocycles. The van der Waals surface area contributed by atoms with E-state index >= 15 is 0 Å². The van der Waals surface area contributed by atoms with Gasteiger partial charge in [0.15, 0.2) is 0 Å². The number of rotatable bonds is 7. The van der Waals surface area contributed by atoms with Crippen LogP contribution in [0.1, 0.15) is 36.5 Å². The first-order chi connectivity index (χ1) is 15.4. The van der Waals surface area contributed by atoms with Crippen molar-refractivity contribution in [1.82, 2.24) is 15.5 Å². The van der Waals surface area contributed by atoms with E-state index in [9.17, 15) is 14.4 Å².